The van der Waals surface area contributed by atoms with E-state index in [-0.39, 0.29) is 35.8 Å². The number of ether oxygens (including phenoxy) is 3. The number of hydrogen-bond acceptors (Lipinski definition) is 7. The highest BCUT2D eigenvalue weighted by Crippen LogP contribution is 2.35. The van der Waals surface area contributed by atoms with Gasteiger partial charge in [0.1, 0.15) is 12.4 Å². The summed E-state index contributed by atoms with van der Waals surface area (Å²) in [5, 5.41) is 3.28. The van der Waals surface area contributed by atoms with E-state index in [1.54, 1.807) is 72.8 Å². The van der Waals surface area contributed by atoms with Crippen LogP contribution in [0.5, 0.6) is 17.2 Å². The number of para-hydroxylation sites is 1. The van der Waals surface area contributed by atoms with Crippen LogP contribution in [0.2, 0.25) is 10.0 Å². The van der Waals surface area contributed by atoms with Gasteiger partial charge in [-0.25, -0.2) is 0 Å². The van der Waals surface area contributed by atoms with Crippen LogP contribution in [-0.2, 0) is 9.59 Å². The maximum Gasteiger partial charge on any atom is 0.293 e. The van der Waals surface area contributed by atoms with E-state index >= 15 is 0 Å². The summed E-state index contributed by atoms with van der Waals surface area (Å²) in [7, 11) is 0. The second kappa shape index (κ2) is 13.4. The Kier molecular flexibility index (Phi) is 9.75. The number of thioether (sulfide) groups is 1. The minimum absolute atomic E-state index is 0.0848. The average Bonchev–Trinajstić information content (AvgIpc) is 3.17. The zero-order chi connectivity index (χ0) is 27.8. The average molecular weight is 587 g/mol. The number of amides is 3. The van der Waals surface area contributed by atoms with Crippen molar-refractivity contribution in [2.75, 3.05) is 31.7 Å². The molecule has 8 nitrogen and oxygen atoms in total. The summed E-state index contributed by atoms with van der Waals surface area (Å²) in [6.45, 7) is 2.12. The summed E-state index contributed by atoms with van der Waals surface area (Å²) in [5.74, 6) is 0.461. The molecule has 1 aliphatic rings. The van der Waals surface area contributed by atoms with E-state index in [1.807, 2.05) is 6.92 Å². The Balaban J connectivity index is 1.38. The first-order valence-electron chi connectivity index (χ1n) is 11.9. The lowest BCUT2D eigenvalue weighted by molar-refractivity contribution is -0.123. The lowest BCUT2D eigenvalue weighted by Gasteiger charge is -2.14. The Bertz CT molecular complexity index is 1410. The molecule has 3 amide bonds. The number of carbonyl (C=O) groups excluding carboxylic acids is 3. The molecular formula is C28H24Cl2N2O6S. The van der Waals surface area contributed by atoms with E-state index in [2.05, 4.69) is 5.32 Å². The second-order valence-corrected chi connectivity index (χ2v) is 9.94. The van der Waals surface area contributed by atoms with Gasteiger partial charge in [0.25, 0.3) is 17.1 Å². The molecule has 11 heteroatoms. The summed E-state index contributed by atoms with van der Waals surface area (Å²) in [4.78, 5) is 39.1. The minimum atomic E-state index is -0.413. The van der Waals surface area contributed by atoms with Crippen LogP contribution in [0.1, 0.15) is 12.5 Å². The van der Waals surface area contributed by atoms with Crippen molar-refractivity contribution in [1.82, 2.24) is 4.90 Å². The van der Waals surface area contributed by atoms with Gasteiger partial charge in [-0.15, -0.1) is 0 Å². The third kappa shape index (κ3) is 7.69. The molecule has 0 spiro atoms. The number of rotatable bonds is 11. The molecule has 1 saturated heterocycles. The maximum absolute atomic E-state index is 12.9. The second-order valence-electron chi connectivity index (χ2n) is 8.10. The van der Waals surface area contributed by atoms with E-state index < -0.39 is 5.91 Å². The fourth-order valence-electron chi connectivity index (χ4n) is 3.56. The Hall–Kier alpha value is -3.66. The van der Waals surface area contributed by atoms with Gasteiger partial charge in [0.05, 0.1) is 23.1 Å². The van der Waals surface area contributed by atoms with Gasteiger partial charge in [-0.05, 0) is 72.8 Å². The third-order valence-electron chi connectivity index (χ3n) is 5.32. The van der Waals surface area contributed by atoms with Gasteiger partial charge in [0.15, 0.2) is 18.1 Å². The van der Waals surface area contributed by atoms with Crippen LogP contribution in [0.3, 0.4) is 0 Å². The Morgan fingerprint density at radius 1 is 0.949 bits per heavy atom. The zero-order valence-electron chi connectivity index (χ0n) is 20.8. The molecule has 1 fully saturated rings. The minimum Gasteiger partial charge on any atom is -0.490 e. The highest BCUT2D eigenvalue weighted by molar-refractivity contribution is 8.18. The van der Waals surface area contributed by atoms with Crippen molar-refractivity contribution in [1.29, 1.82) is 0 Å². The lowest BCUT2D eigenvalue weighted by Crippen LogP contribution is -2.32. The van der Waals surface area contributed by atoms with Crippen molar-refractivity contribution in [2.45, 2.75) is 6.92 Å². The van der Waals surface area contributed by atoms with Crippen molar-refractivity contribution in [3.63, 3.8) is 0 Å². The predicted molar refractivity (Wildman–Crippen MR) is 153 cm³/mol. The molecule has 0 aliphatic carbocycles. The van der Waals surface area contributed by atoms with E-state index in [4.69, 9.17) is 37.4 Å². The number of halogens is 2. The summed E-state index contributed by atoms with van der Waals surface area (Å²) in [6, 6.07) is 18.8. The molecule has 0 radical (unpaired) electrons. The van der Waals surface area contributed by atoms with Gasteiger partial charge in [-0.3, -0.25) is 19.3 Å². The molecule has 1 N–H and O–H groups in total. The Labute approximate surface area is 239 Å². The summed E-state index contributed by atoms with van der Waals surface area (Å²) < 4.78 is 17.0. The quantitative estimate of drug-likeness (QED) is 0.255. The third-order valence-corrected chi connectivity index (χ3v) is 6.77. The highest BCUT2D eigenvalue weighted by atomic mass is 35.5. The van der Waals surface area contributed by atoms with Crippen molar-refractivity contribution < 1.29 is 28.6 Å². The van der Waals surface area contributed by atoms with Gasteiger partial charge in [0, 0.05) is 10.7 Å². The molecular weight excluding hydrogens is 563 g/mol. The normalized spacial score (nSPS) is 14.0. The molecule has 0 saturated carbocycles. The number of hydrogen-bond donors (Lipinski definition) is 1. The summed E-state index contributed by atoms with van der Waals surface area (Å²) >= 11 is 12.9. The van der Waals surface area contributed by atoms with E-state index in [0.29, 0.717) is 45.2 Å². The van der Waals surface area contributed by atoms with Crippen LogP contribution < -0.4 is 19.5 Å². The van der Waals surface area contributed by atoms with Crippen molar-refractivity contribution >= 4 is 63.8 Å². The number of nitrogens with one attached hydrogen (secondary N) is 1. The van der Waals surface area contributed by atoms with Crippen LogP contribution >= 0.6 is 35.0 Å². The summed E-state index contributed by atoms with van der Waals surface area (Å²) in [6.07, 6.45) is 1.61. The standard InChI is InChI=1S/C28H24Cl2N2O6S/c1-2-36-24-14-18(10-11-23(24)38-17-26(33)31-20-7-5-6-19(29)16-20)15-25-27(34)32(28(35)39-25)12-13-37-22-9-4-3-8-21(22)30/h3-11,14-16H,2,12-13,17H2,1H3,(H,31,33)/b25-15-. The molecule has 39 heavy (non-hydrogen) atoms. The van der Waals surface area contributed by atoms with Crippen LogP contribution in [0.25, 0.3) is 6.08 Å². The topological polar surface area (TPSA) is 94.2 Å². The van der Waals surface area contributed by atoms with Crippen molar-refractivity contribution in [2.24, 2.45) is 0 Å². The number of nitrogens with zero attached hydrogens (tertiary/aromatic N) is 1. The smallest absolute Gasteiger partial charge is 0.293 e. The number of imide groups is 1. The SMILES string of the molecule is CCOc1cc(/C=C2\SC(=O)N(CCOc3ccccc3Cl)C2=O)ccc1OCC(=O)Nc1cccc(Cl)c1. The molecule has 1 heterocycles. The molecule has 202 valence electrons. The number of anilines is 1. The highest BCUT2D eigenvalue weighted by Gasteiger charge is 2.34. The monoisotopic (exact) mass is 586 g/mol. The molecule has 3 aromatic rings. The summed E-state index contributed by atoms with van der Waals surface area (Å²) in [5.41, 5.74) is 1.19. The van der Waals surface area contributed by atoms with Crippen molar-refractivity contribution in [3.8, 4) is 17.2 Å². The van der Waals surface area contributed by atoms with E-state index in [9.17, 15) is 14.4 Å². The van der Waals surface area contributed by atoms with Gasteiger partial charge in [-0.1, -0.05) is 47.5 Å². The molecule has 1 aliphatic heterocycles. The zero-order valence-corrected chi connectivity index (χ0v) is 23.1. The number of carbonyl (C=O) groups is 3. The predicted octanol–water partition coefficient (Wildman–Crippen LogP) is 6.52. The van der Waals surface area contributed by atoms with Crippen LogP contribution in [0, 0.1) is 0 Å². The van der Waals surface area contributed by atoms with Crippen LogP contribution in [0.15, 0.2) is 71.6 Å². The van der Waals surface area contributed by atoms with E-state index in [1.165, 1.54) is 0 Å². The molecule has 0 bridgehead atoms. The Morgan fingerprint density at radius 3 is 2.54 bits per heavy atom. The van der Waals surface area contributed by atoms with Gasteiger partial charge >= 0.3 is 0 Å². The molecule has 0 aromatic heterocycles. The molecule has 0 unspecified atom stereocenters. The van der Waals surface area contributed by atoms with E-state index in [0.717, 1.165) is 16.7 Å². The first-order valence-corrected chi connectivity index (χ1v) is 13.5. The molecule has 3 aromatic carbocycles. The van der Waals surface area contributed by atoms with Gasteiger partial charge < -0.3 is 19.5 Å². The first-order chi connectivity index (χ1) is 18.8. The first kappa shape index (κ1) is 28.4. The van der Waals surface area contributed by atoms with Crippen molar-refractivity contribution in [3.05, 3.63) is 87.2 Å². The molecule has 0 atom stereocenters. The lowest BCUT2D eigenvalue weighted by atomic mass is 10.2. The van der Waals surface area contributed by atoms with Crippen LogP contribution in [0.4, 0.5) is 10.5 Å². The fraction of sp³-hybridized carbons (Fsp3) is 0.179. The fourth-order valence-corrected chi connectivity index (χ4v) is 4.81. The largest absolute Gasteiger partial charge is 0.490 e. The van der Waals surface area contributed by atoms with Gasteiger partial charge in [0.2, 0.25) is 0 Å². The number of benzene rings is 3. The van der Waals surface area contributed by atoms with Gasteiger partial charge in [-0.2, -0.15) is 0 Å². The van der Waals surface area contributed by atoms with Crippen LogP contribution in [-0.4, -0.2) is 48.3 Å². The maximum atomic E-state index is 12.9. The Morgan fingerprint density at radius 2 is 1.77 bits per heavy atom. The molecule has 4 rings (SSSR count).